The Labute approximate surface area is 142 Å². The summed E-state index contributed by atoms with van der Waals surface area (Å²) in [6, 6.07) is 7.91. The Hall–Kier alpha value is -1.14. The highest BCUT2D eigenvalue weighted by molar-refractivity contribution is 9.11. The van der Waals surface area contributed by atoms with Gasteiger partial charge < -0.3 is 10.6 Å². The number of rotatable bonds is 5. The Morgan fingerprint density at radius 2 is 1.81 bits per heavy atom. The quantitative estimate of drug-likeness (QED) is 0.698. The fourth-order valence-corrected chi connectivity index (χ4v) is 2.93. The summed E-state index contributed by atoms with van der Waals surface area (Å²) < 4.78 is 2.01. The van der Waals surface area contributed by atoms with Crippen LogP contribution in [-0.4, -0.2) is 16.5 Å². The smallest absolute Gasteiger partial charge is 0.136 e. The normalized spacial score (nSPS) is 10.8. The van der Waals surface area contributed by atoms with E-state index in [0.29, 0.717) is 0 Å². The van der Waals surface area contributed by atoms with E-state index in [9.17, 15) is 0 Å². The molecule has 2 aromatic rings. The van der Waals surface area contributed by atoms with E-state index in [1.54, 1.807) is 0 Å². The Bertz CT molecular complexity index is 629. The van der Waals surface area contributed by atoms with Gasteiger partial charge in [-0.15, -0.1) is 0 Å². The van der Waals surface area contributed by atoms with Crippen LogP contribution in [0.25, 0.3) is 0 Å². The van der Waals surface area contributed by atoms with Gasteiger partial charge in [-0.3, -0.25) is 0 Å². The topological polar surface area (TPSA) is 49.8 Å². The van der Waals surface area contributed by atoms with Gasteiger partial charge in [0.05, 0.1) is 5.69 Å². The first-order chi connectivity index (χ1) is 9.99. The first-order valence-corrected chi connectivity index (χ1v) is 8.43. The van der Waals surface area contributed by atoms with Crippen LogP contribution in [-0.2, 0) is 0 Å². The Balaban J connectivity index is 2.33. The molecule has 4 nitrogen and oxygen atoms in total. The highest BCUT2D eigenvalue weighted by Gasteiger charge is 2.09. The number of hydrogen-bond donors (Lipinski definition) is 2. The minimum Gasteiger partial charge on any atom is -0.370 e. The highest BCUT2D eigenvalue weighted by atomic mass is 79.9. The van der Waals surface area contributed by atoms with E-state index >= 15 is 0 Å². The van der Waals surface area contributed by atoms with Crippen molar-refractivity contribution in [1.82, 2.24) is 9.97 Å². The Morgan fingerprint density at radius 1 is 1.10 bits per heavy atom. The molecule has 6 heteroatoms. The summed E-state index contributed by atoms with van der Waals surface area (Å²) in [4.78, 5) is 9.10. The van der Waals surface area contributed by atoms with Crippen LogP contribution in [0.2, 0.25) is 0 Å². The standard InChI is InChI=1S/C15H18Br2N4/c1-4-18-13-8-14(21-15(20-13)9(2)3)19-12-6-5-10(16)7-11(12)17/h5-9H,4H2,1-3H3,(H2,18,19,20,21). The van der Waals surface area contributed by atoms with Crippen LogP contribution in [0.4, 0.5) is 17.3 Å². The number of benzene rings is 1. The molecule has 2 rings (SSSR count). The van der Waals surface area contributed by atoms with Crippen molar-refractivity contribution in [3.8, 4) is 0 Å². The van der Waals surface area contributed by atoms with Crippen molar-refractivity contribution in [1.29, 1.82) is 0 Å². The van der Waals surface area contributed by atoms with Gasteiger partial charge in [-0.25, -0.2) is 9.97 Å². The molecule has 0 saturated heterocycles. The summed E-state index contributed by atoms with van der Waals surface area (Å²) in [6.45, 7) is 7.06. The maximum atomic E-state index is 4.58. The summed E-state index contributed by atoms with van der Waals surface area (Å²) in [6.07, 6.45) is 0. The first kappa shape index (κ1) is 16.2. The van der Waals surface area contributed by atoms with E-state index in [0.717, 1.165) is 38.6 Å². The largest absolute Gasteiger partial charge is 0.370 e. The second-order valence-electron chi connectivity index (χ2n) is 4.93. The summed E-state index contributed by atoms with van der Waals surface area (Å²) in [5.74, 6) is 2.72. The number of hydrogen-bond acceptors (Lipinski definition) is 4. The van der Waals surface area contributed by atoms with Crippen molar-refractivity contribution in [3.63, 3.8) is 0 Å². The molecule has 2 N–H and O–H groups in total. The minimum absolute atomic E-state index is 0.275. The lowest BCUT2D eigenvalue weighted by molar-refractivity contribution is 0.777. The lowest BCUT2D eigenvalue weighted by atomic mass is 10.2. The lowest BCUT2D eigenvalue weighted by Crippen LogP contribution is -2.07. The molecule has 0 aliphatic heterocycles. The summed E-state index contributed by atoms with van der Waals surface area (Å²) in [5, 5.41) is 6.58. The number of nitrogens with one attached hydrogen (secondary N) is 2. The van der Waals surface area contributed by atoms with E-state index in [2.05, 4.69) is 73.2 Å². The van der Waals surface area contributed by atoms with Crippen LogP contribution < -0.4 is 10.6 Å². The Kier molecular flexibility index (Phi) is 5.58. The van der Waals surface area contributed by atoms with Gasteiger partial charge >= 0.3 is 0 Å². The molecule has 0 atom stereocenters. The average molecular weight is 414 g/mol. The molecule has 0 fully saturated rings. The monoisotopic (exact) mass is 412 g/mol. The van der Waals surface area contributed by atoms with Crippen LogP contribution >= 0.6 is 31.9 Å². The van der Waals surface area contributed by atoms with Gasteiger partial charge in [0.1, 0.15) is 17.5 Å². The molecule has 0 radical (unpaired) electrons. The molecule has 0 bridgehead atoms. The summed E-state index contributed by atoms with van der Waals surface area (Å²) >= 11 is 7.00. The molecule has 1 aromatic carbocycles. The second-order valence-corrected chi connectivity index (χ2v) is 6.70. The molecule has 1 aromatic heterocycles. The molecule has 0 aliphatic carbocycles. The molecule has 112 valence electrons. The number of anilines is 3. The Morgan fingerprint density at radius 3 is 2.43 bits per heavy atom. The van der Waals surface area contributed by atoms with Crippen molar-refractivity contribution in [3.05, 3.63) is 39.0 Å². The van der Waals surface area contributed by atoms with Gasteiger partial charge in [0, 0.05) is 27.5 Å². The predicted octanol–water partition coefficient (Wildman–Crippen LogP) is 5.30. The van der Waals surface area contributed by atoms with Crippen molar-refractivity contribution >= 4 is 49.2 Å². The zero-order chi connectivity index (χ0) is 15.4. The van der Waals surface area contributed by atoms with Crippen molar-refractivity contribution in [2.75, 3.05) is 17.2 Å². The third kappa shape index (κ3) is 4.41. The van der Waals surface area contributed by atoms with Crippen molar-refractivity contribution in [2.45, 2.75) is 26.7 Å². The third-order valence-corrected chi connectivity index (χ3v) is 3.96. The average Bonchev–Trinajstić information content (AvgIpc) is 2.42. The number of aromatic nitrogens is 2. The molecule has 0 aliphatic rings. The molecular weight excluding hydrogens is 396 g/mol. The number of nitrogens with zero attached hydrogens (tertiary/aromatic N) is 2. The first-order valence-electron chi connectivity index (χ1n) is 6.84. The van der Waals surface area contributed by atoms with Crippen LogP contribution in [0, 0.1) is 0 Å². The summed E-state index contributed by atoms with van der Waals surface area (Å²) in [7, 11) is 0. The maximum absolute atomic E-state index is 4.58. The van der Waals surface area contributed by atoms with E-state index in [4.69, 9.17) is 0 Å². The zero-order valence-corrected chi connectivity index (χ0v) is 15.4. The molecule has 0 saturated carbocycles. The van der Waals surface area contributed by atoms with Crippen molar-refractivity contribution in [2.24, 2.45) is 0 Å². The minimum atomic E-state index is 0.275. The highest BCUT2D eigenvalue weighted by Crippen LogP contribution is 2.29. The van der Waals surface area contributed by atoms with Crippen LogP contribution in [0.1, 0.15) is 32.5 Å². The maximum Gasteiger partial charge on any atom is 0.136 e. The van der Waals surface area contributed by atoms with Gasteiger partial charge in [-0.1, -0.05) is 29.8 Å². The molecule has 0 unspecified atom stereocenters. The summed E-state index contributed by atoms with van der Waals surface area (Å²) in [5.41, 5.74) is 0.967. The van der Waals surface area contributed by atoms with Crippen LogP contribution in [0.15, 0.2) is 33.2 Å². The fourth-order valence-electron chi connectivity index (χ4n) is 1.79. The van der Waals surface area contributed by atoms with Crippen LogP contribution in [0.3, 0.4) is 0 Å². The molecular formula is C15H18Br2N4. The zero-order valence-electron chi connectivity index (χ0n) is 12.2. The second kappa shape index (κ2) is 7.22. The molecule has 1 heterocycles. The van der Waals surface area contributed by atoms with Crippen molar-refractivity contribution < 1.29 is 0 Å². The van der Waals surface area contributed by atoms with E-state index in [1.165, 1.54) is 0 Å². The van der Waals surface area contributed by atoms with Gasteiger partial charge in [0.15, 0.2) is 0 Å². The van der Waals surface area contributed by atoms with Gasteiger partial charge in [-0.2, -0.15) is 0 Å². The third-order valence-electron chi connectivity index (χ3n) is 2.81. The molecule has 0 amide bonds. The van der Waals surface area contributed by atoms with Gasteiger partial charge in [0.25, 0.3) is 0 Å². The van der Waals surface area contributed by atoms with Gasteiger partial charge in [0.2, 0.25) is 0 Å². The lowest BCUT2D eigenvalue weighted by Gasteiger charge is -2.13. The van der Waals surface area contributed by atoms with E-state index in [1.807, 2.05) is 24.3 Å². The van der Waals surface area contributed by atoms with E-state index in [-0.39, 0.29) is 5.92 Å². The molecule has 21 heavy (non-hydrogen) atoms. The van der Waals surface area contributed by atoms with Crippen LogP contribution in [0.5, 0.6) is 0 Å². The van der Waals surface area contributed by atoms with Gasteiger partial charge in [-0.05, 0) is 41.1 Å². The SMILES string of the molecule is CCNc1cc(Nc2ccc(Br)cc2Br)nc(C(C)C)n1. The van der Waals surface area contributed by atoms with E-state index < -0.39 is 0 Å². The predicted molar refractivity (Wildman–Crippen MR) is 95.4 cm³/mol. The number of halogens is 2. The molecule has 0 spiro atoms. The fraction of sp³-hybridized carbons (Fsp3) is 0.333.